The van der Waals surface area contributed by atoms with E-state index in [1.165, 1.54) is 0 Å². The summed E-state index contributed by atoms with van der Waals surface area (Å²) in [6.45, 7) is 1.83. The Hall–Kier alpha value is 0.0800. The Balaban J connectivity index is 3.50. The summed E-state index contributed by atoms with van der Waals surface area (Å²) < 4.78 is 4.92. The third-order valence-corrected chi connectivity index (χ3v) is 1.21. The SMILES string of the molecule is CC(OCCO)=C(Cl)Cl. The third-order valence-electron chi connectivity index (χ3n) is 0.676. The molecule has 0 spiro atoms. The zero-order valence-electron chi connectivity index (χ0n) is 5.03. The summed E-state index contributed by atoms with van der Waals surface area (Å²) >= 11 is 10.6. The molecule has 0 saturated carbocycles. The molecule has 0 fully saturated rings. The average Bonchev–Trinajstić information content (AvgIpc) is 1.82. The van der Waals surface area contributed by atoms with E-state index >= 15 is 0 Å². The first-order valence-electron chi connectivity index (χ1n) is 2.44. The summed E-state index contributed by atoms with van der Waals surface area (Å²) in [5.74, 6) is 0.437. The van der Waals surface area contributed by atoms with Crippen LogP contribution in [0.2, 0.25) is 0 Å². The number of aliphatic hydroxyl groups is 1. The van der Waals surface area contributed by atoms with E-state index in [2.05, 4.69) is 0 Å². The van der Waals surface area contributed by atoms with Gasteiger partial charge in [-0.1, -0.05) is 23.2 Å². The van der Waals surface area contributed by atoms with E-state index in [4.69, 9.17) is 33.0 Å². The van der Waals surface area contributed by atoms with Crippen molar-refractivity contribution in [3.05, 3.63) is 10.3 Å². The number of ether oxygens (including phenoxy) is 1. The zero-order valence-corrected chi connectivity index (χ0v) is 6.54. The van der Waals surface area contributed by atoms with Crippen molar-refractivity contribution in [1.82, 2.24) is 0 Å². The van der Waals surface area contributed by atoms with E-state index in [0.717, 1.165) is 0 Å². The molecule has 0 radical (unpaired) electrons. The predicted octanol–water partition coefficient (Wildman–Crippen LogP) is 1.66. The van der Waals surface area contributed by atoms with Gasteiger partial charge in [-0.15, -0.1) is 0 Å². The van der Waals surface area contributed by atoms with Gasteiger partial charge in [0.25, 0.3) is 0 Å². The minimum absolute atomic E-state index is 0.0294. The minimum Gasteiger partial charge on any atom is -0.493 e. The fraction of sp³-hybridized carbons (Fsp3) is 0.600. The number of halogens is 2. The Morgan fingerprint density at radius 2 is 2.11 bits per heavy atom. The second kappa shape index (κ2) is 4.91. The van der Waals surface area contributed by atoms with Gasteiger partial charge < -0.3 is 9.84 Å². The highest BCUT2D eigenvalue weighted by Crippen LogP contribution is 2.13. The van der Waals surface area contributed by atoms with Crippen molar-refractivity contribution in [2.45, 2.75) is 6.92 Å². The first kappa shape index (κ1) is 9.08. The highest BCUT2D eigenvalue weighted by atomic mass is 35.5. The van der Waals surface area contributed by atoms with Gasteiger partial charge >= 0.3 is 0 Å². The minimum atomic E-state index is -0.0294. The zero-order chi connectivity index (χ0) is 7.28. The molecular weight excluding hydrogens is 163 g/mol. The fourth-order valence-corrected chi connectivity index (χ4v) is 0.362. The summed E-state index contributed by atoms with van der Waals surface area (Å²) in [6.07, 6.45) is 0. The van der Waals surface area contributed by atoms with Crippen LogP contribution in [0.5, 0.6) is 0 Å². The molecule has 0 aliphatic heterocycles. The van der Waals surface area contributed by atoms with Gasteiger partial charge in [-0.3, -0.25) is 0 Å². The molecule has 0 bridgehead atoms. The van der Waals surface area contributed by atoms with Gasteiger partial charge in [0.15, 0.2) is 0 Å². The highest BCUT2D eigenvalue weighted by Gasteiger charge is 1.94. The second-order valence-corrected chi connectivity index (χ2v) is 2.34. The quantitative estimate of drug-likeness (QED) is 0.654. The van der Waals surface area contributed by atoms with Crippen LogP contribution in [0.3, 0.4) is 0 Å². The van der Waals surface area contributed by atoms with Crippen molar-refractivity contribution in [2.75, 3.05) is 13.2 Å². The Morgan fingerprint density at radius 1 is 1.56 bits per heavy atom. The summed E-state index contributed by atoms with van der Waals surface area (Å²) in [5, 5.41) is 8.26. The van der Waals surface area contributed by atoms with Crippen LogP contribution in [0.1, 0.15) is 6.92 Å². The number of aliphatic hydroxyl groups excluding tert-OH is 1. The van der Waals surface area contributed by atoms with Crippen LogP contribution >= 0.6 is 23.2 Å². The lowest BCUT2D eigenvalue weighted by Gasteiger charge is -2.01. The van der Waals surface area contributed by atoms with Crippen molar-refractivity contribution < 1.29 is 9.84 Å². The lowest BCUT2D eigenvalue weighted by atomic mass is 10.6. The molecule has 0 saturated heterocycles. The molecule has 0 heterocycles. The molecule has 1 N–H and O–H groups in total. The highest BCUT2D eigenvalue weighted by molar-refractivity contribution is 6.56. The molecule has 2 nitrogen and oxygen atoms in total. The molecule has 9 heavy (non-hydrogen) atoms. The Kier molecular flexibility index (Phi) is 4.96. The van der Waals surface area contributed by atoms with E-state index in [1.54, 1.807) is 6.92 Å². The van der Waals surface area contributed by atoms with E-state index in [0.29, 0.717) is 5.76 Å². The molecule has 0 aliphatic carbocycles. The van der Waals surface area contributed by atoms with Crippen molar-refractivity contribution in [1.29, 1.82) is 0 Å². The molecule has 0 rings (SSSR count). The van der Waals surface area contributed by atoms with Gasteiger partial charge in [-0.25, -0.2) is 0 Å². The second-order valence-electron chi connectivity index (χ2n) is 1.39. The van der Waals surface area contributed by atoms with Crippen LogP contribution in [0.4, 0.5) is 0 Å². The van der Waals surface area contributed by atoms with E-state index in [9.17, 15) is 0 Å². The molecule has 4 heteroatoms. The monoisotopic (exact) mass is 170 g/mol. The first-order valence-corrected chi connectivity index (χ1v) is 3.19. The summed E-state index contributed by atoms with van der Waals surface area (Å²) in [5.41, 5.74) is 0. The largest absolute Gasteiger partial charge is 0.493 e. The van der Waals surface area contributed by atoms with Gasteiger partial charge in [0.05, 0.1) is 6.61 Å². The summed E-state index contributed by atoms with van der Waals surface area (Å²) in [4.78, 5) is 0. The lowest BCUT2D eigenvalue weighted by Crippen LogP contribution is -1.96. The molecule has 0 aromatic carbocycles. The third kappa shape index (κ3) is 4.58. The smallest absolute Gasteiger partial charge is 0.144 e. The van der Waals surface area contributed by atoms with Crippen molar-refractivity contribution >= 4 is 23.2 Å². The number of rotatable bonds is 3. The van der Waals surface area contributed by atoms with Crippen LogP contribution in [-0.2, 0) is 4.74 Å². The van der Waals surface area contributed by atoms with Crippen LogP contribution in [0.25, 0.3) is 0 Å². The number of allylic oxidation sites excluding steroid dienone is 1. The van der Waals surface area contributed by atoms with Crippen LogP contribution in [0.15, 0.2) is 10.3 Å². The van der Waals surface area contributed by atoms with Crippen LogP contribution in [-0.4, -0.2) is 18.3 Å². The van der Waals surface area contributed by atoms with Crippen LogP contribution < -0.4 is 0 Å². The maximum absolute atomic E-state index is 8.26. The standard InChI is InChI=1S/C5H8Cl2O2/c1-4(5(6)7)9-3-2-8/h8H,2-3H2,1H3. The van der Waals surface area contributed by atoms with Gasteiger partial charge in [0, 0.05) is 0 Å². The van der Waals surface area contributed by atoms with Crippen LogP contribution in [0, 0.1) is 0 Å². The predicted molar refractivity (Wildman–Crippen MR) is 37.4 cm³/mol. The summed E-state index contributed by atoms with van der Waals surface area (Å²) in [6, 6.07) is 0. The molecule has 0 aromatic heterocycles. The molecule has 54 valence electrons. The number of hydrogen-bond donors (Lipinski definition) is 1. The molecule has 0 aromatic rings. The first-order chi connectivity index (χ1) is 4.18. The maximum Gasteiger partial charge on any atom is 0.144 e. The molecule has 0 unspecified atom stereocenters. The lowest BCUT2D eigenvalue weighted by molar-refractivity contribution is 0.146. The summed E-state index contributed by atoms with van der Waals surface area (Å²) in [7, 11) is 0. The van der Waals surface area contributed by atoms with Gasteiger partial charge in [-0.05, 0) is 6.92 Å². The fourth-order valence-electron chi connectivity index (χ4n) is 0.253. The average molecular weight is 171 g/mol. The maximum atomic E-state index is 8.26. The van der Waals surface area contributed by atoms with E-state index < -0.39 is 0 Å². The molecule has 0 amide bonds. The molecular formula is C5H8Cl2O2. The Bertz CT molecular complexity index is 108. The van der Waals surface area contributed by atoms with Crippen molar-refractivity contribution in [3.63, 3.8) is 0 Å². The Labute approximate surface area is 64.0 Å². The normalized spacial score (nSPS) is 8.89. The van der Waals surface area contributed by atoms with Crippen molar-refractivity contribution in [3.8, 4) is 0 Å². The van der Waals surface area contributed by atoms with E-state index in [1.807, 2.05) is 0 Å². The van der Waals surface area contributed by atoms with Gasteiger partial charge in [0.1, 0.15) is 16.9 Å². The Morgan fingerprint density at radius 3 is 2.44 bits per heavy atom. The molecule has 0 atom stereocenters. The number of hydrogen-bond acceptors (Lipinski definition) is 2. The van der Waals surface area contributed by atoms with Gasteiger partial charge in [-0.2, -0.15) is 0 Å². The van der Waals surface area contributed by atoms with Crippen molar-refractivity contribution in [2.24, 2.45) is 0 Å². The van der Waals surface area contributed by atoms with Gasteiger partial charge in [0.2, 0.25) is 0 Å². The topological polar surface area (TPSA) is 29.5 Å². The van der Waals surface area contributed by atoms with E-state index in [-0.39, 0.29) is 17.7 Å². The molecule has 0 aliphatic rings.